The van der Waals surface area contributed by atoms with E-state index >= 15 is 0 Å². The molecular formula is C17H18BrNO. The zero-order valence-corrected chi connectivity index (χ0v) is 13.2. The molecule has 0 N–H and O–H groups in total. The molecule has 0 aromatic heterocycles. The van der Waals surface area contributed by atoms with Crippen molar-refractivity contribution in [1.82, 2.24) is 4.90 Å². The summed E-state index contributed by atoms with van der Waals surface area (Å²) in [6, 6.07) is 12.0. The number of rotatable bonds is 1. The minimum absolute atomic E-state index is 0.167. The Labute approximate surface area is 127 Å². The molecule has 0 aliphatic carbocycles. The summed E-state index contributed by atoms with van der Waals surface area (Å²) in [6.45, 7) is 4.02. The van der Waals surface area contributed by atoms with Crippen molar-refractivity contribution in [3.05, 3.63) is 46.4 Å². The lowest BCUT2D eigenvalue weighted by Gasteiger charge is -2.30. The first kappa shape index (κ1) is 13.6. The number of benzene rings is 2. The third-order valence-electron chi connectivity index (χ3n) is 4.17. The smallest absolute Gasteiger partial charge is 0.254 e. The van der Waals surface area contributed by atoms with Crippen LogP contribution in [0, 0.1) is 5.92 Å². The van der Waals surface area contributed by atoms with E-state index in [4.69, 9.17) is 0 Å². The van der Waals surface area contributed by atoms with Crippen molar-refractivity contribution in [2.75, 3.05) is 13.1 Å². The Hall–Kier alpha value is -1.35. The highest BCUT2D eigenvalue weighted by molar-refractivity contribution is 9.10. The van der Waals surface area contributed by atoms with E-state index in [1.54, 1.807) is 0 Å². The fourth-order valence-electron chi connectivity index (χ4n) is 2.84. The molecule has 0 unspecified atom stereocenters. The summed E-state index contributed by atoms with van der Waals surface area (Å²) in [5.74, 6) is 0.904. The van der Waals surface area contributed by atoms with Crippen LogP contribution in [0.2, 0.25) is 0 Å². The molecular weight excluding hydrogens is 314 g/mol. The van der Waals surface area contributed by atoms with Crippen molar-refractivity contribution in [1.29, 1.82) is 0 Å². The SMILES string of the molecule is CC1CCN(C(=O)c2cccc3c(Br)cccc23)CC1. The summed E-state index contributed by atoms with van der Waals surface area (Å²) >= 11 is 3.56. The Balaban J connectivity index is 1.98. The highest BCUT2D eigenvalue weighted by Gasteiger charge is 2.22. The number of nitrogens with zero attached hydrogens (tertiary/aromatic N) is 1. The van der Waals surface area contributed by atoms with E-state index in [9.17, 15) is 4.79 Å². The quantitative estimate of drug-likeness (QED) is 0.754. The van der Waals surface area contributed by atoms with Gasteiger partial charge in [0.15, 0.2) is 0 Å². The van der Waals surface area contributed by atoms with Crippen LogP contribution in [0.5, 0.6) is 0 Å². The number of fused-ring (bicyclic) bond motifs is 1. The van der Waals surface area contributed by atoms with E-state index in [0.717, 1.165) is 52.7 Å². The number of carbonyl (C=O) groups is 1. The largest absolute Gasteiger partial charge is 0.339 e. The molecule has 2 aromatic carbocycles. The average molecular weight is 332 g/mol. The lowest BCUT2D eigenvalue weighted by Crippen LogP contribution is -2.37. The zero-order chi connectivity index (χ0) is 14.1. The number of amides is 1. The Morgan fingerprint density at radius 3 is 2.50 bits per heavy atom. The Bertz CT molecular complexity index is 644. The Morgan fingerprint density at radius 2 is 1.75 bits per heavy atom. The summed E-state index contributed by atoms with van der Waals surface area (Å²) in [6.07, 6.45) is 2.22. The van der Waals surface area contributed by atoms with E-state index < -0.39 is 0 Å². The van der Waals surface area contributed by atoms with Gasteiger partial charge in [0.05, 0.1) is 0 Å². The van der Waals surface area contributed by atoms with Gasteiger partial charge in [-0.3, -0.25) is 4.79 Å². The standard InChI is InChI=1S/C17H18BrNO/c1-12-8-10-19(11-9-12)17(20)15-6-2-5-14-13(15)4-3-7-16(14)18/h2-7,12H,8-11H2,1H3. The van der Waals surface area contributed by atoms with Gasteiger partial charge in [-0.15, -0.1) is 0 Å². The second-order valence-corrected chi connectivity index (χ2v) is 6.47. The molecule has 0 bridgehead atoms. The van der Waals surface area contributed by atoms with Gasteiger partial charge in [-0.2, -0.15) is 0 Å². The molecule has 2 aromatic rings. The zero-order valence-electron chi connectivity index (χ0n) is 11.6. The molecule has 104 valence electrons. The summed E-state index contributed by atoms with van der Waals surface area (Å²) in [7, 11) is 0. The highest BCUT2D eigenvalue weighted by Crippen LogP contribution is 2.28. The molecule has 0 atom stereocenters. The molecule has 0 saturated carbocycles. The topological polar surface area (TPSA) is 20.3 Å². The fourth-order valence-corrected chi connectivity index (χ4v) is 3.34. The fraction of sp³-hybridized carbons (Fsp3) is 0.353. The van der Waals surface area contributed by atoms with Gasteiger partial charge in [0.1, 0.15) is 0 Å². The first-order chi connectivity index (χ1) is 9.66. The van der Waals surface area contributed by atoms with Crippen molar-refractivity contribution in [2.24, 2.45) is 5.92 Å². The van der Waals surface area contributed by atoms with Crippen LogP contribution in [0.1, 0.15) is 30.1 Å². The maximum atomic E-state index is 12.7. The molecule has 1 aliphatic rings. The number of carbonyl (C=O) groups excluding carboxylic acids is 1. The van der Waals surface area contributed by atoms with E-state index in [-0.39, 0.29) is 5.91 Å². The van der Waals surface area contributed by atoms with E-state index in [1.165, 1.54) is 0 Å². The van der Waals surface area contributed by atoms with Gasteiger partial charge < -0.3 is 4.90 Å². The van der Waals surface area contributed by atoms with Gasteiger partial charge in [-0.05, 0) is 41.7 Å². The summed E-state index contributed by atoms with van der Waals surface area (Å²) < 4.78 is 1.04. The van der Waals surface area contributed by atoms with Gasteiger partial charge in [0, 0.05) is 23.1 Å². The number of halogens is 1. The minimum Gasteiger partial charge on any atom is -0.339 e. The summed E-state index contributed by atoms with van der Waals surface area (Å²) in [5, 5.41) is 2.13. The van der Waals surface area contributed by atoms with Crippen LogP contribution in [0.4, 0.5) is 0 Å². The Morgan fingerprint density at radius 1 is 1.10 bits per heavy atom. The molecule has 3 rings (SSSR count). The van der Waals surface area contributed by atoms with Crippen molar-refractivity contribution in [3.8, 4) is 0 Å². The first-order valence-corrected chi connectivity index (χ1v) is 7.92. The van der Waals surface area contributed by atoms with Crippen molar-refractivity contribution >= 4 is 32.6 Å². The third kappa shape index (κ3) is 2.47. The van der Waals surface area contributed by atoms with Crippen molar-refractivity contribution in [3.63, 3.8) is 0 Å². The van der Waals surface area contributed by atoms with Crippen LogP contribution in [-0.4, -0.2) is 23.9 Å². The van der Waals surface area contributed by atoms with Crippen LogP contribution in [0.3, 0.4) is 0 Å². The molecule has 0 radical (unpaired) electrons. The van der Waals surface area contributed by atoms with Crippen LogP contribution in [0.15, 0.2) is 40.9 Å². The highest BCUT2D eigenvalue weighted by atomic mass is 79.9. The first-order valence-electron chi connectivity index (χ1n) is 7.13. The van der Waals surface area contributed by atoms with Gasteiger partial charge in [-0.1, -0.05) is 47.1 Å². The minimum atomic E-state index is 0.167. The summed E-state index contributed by atoms with van der Waals surface area (Å²) in [5.41, 5.74) is 0.818. The summed E-state index contributed by atoms with van der Waals surface area (Å²) in [4.78, 5) is 14.7. The number of hydrogen-bond donors (Lipinski definition) is 0. The molecule has 20 heavy (non-hydrogen) atoms. The maximum absolute atomic E-state index is 12.7. The monoisotopic (exact) mass is 331 g/mol. The third-order valence-corrected chi connectivity index (χ3v) is 4.86. The number of hydrogen-bond acceptors (Lipinski definition) is 1. The predicted octanol–water partition coefficient (Wildman–Crippen LogP) is 4.47. The van der Waals surface area contributed by atoms with E-state index in [1.807, 2.05) is 35.2 Å². The molecule has 1 heterocycles. The van der Waals surface area contributed by atoms with Gasteiger partial charge in [0.2, 0.25) is 0 Å². The van der Waals surface area contributed by atoms with Crippen LogP contribution >= 0.6 is 15.9 Å². The van der Waals surface area contributed by atoms with Gasteiger partial charge in [0.25, 0.3) is 5.91 Å². The average Bonchev–Trinajstić information content (AvgIpc) is 2.47. The van der Waals surface area contributed by atoms with Gasteiger partial charge in [-0.25, -0.2) is 0 Å². The normalized spacial score (nSPS) is 16.6. The van der Waals surface area contributed by atoms with E-state index in [2.05, 4.69) is 28.9 Å². The number of likely N-dealkylation sites (tertiary alicyclic amines) is 1. The second-order valence-electron chi connectivity index (χ2n) is 5.62. The maximum Gasteiger partial charge on any atom is 0.254 e. The predicted molar refractivity (Wildman–Crippen MR) is 85.9 cm³/mol. The molecule has 1 fully saturated rings. The second kappa shape index (κ2) is 5.57. The van der Waals surface area contributed by atoms with Crippen LogP contribution < -0.4 is 0 Å². The van der Waals surface area contributed by atoms with Crippen LogP contribution in [-0.2, 0) is 0 Å². The van der Waals surface area contributed by atoms with Crippen molar-refractivity contribution in [2.45, 2.75) is 19.8 Å². The lowest BCUT2D eigenvalue weighted by molar-refractivity contribution is 0.0699. The number of piperidine rings is 1. The molecule has 2 nitrogen and oxygen atoms in total. The molecule has 0 spiro atoms. The molecule has 1 amide bonds. The van der Waals surface area contributed by atoms with Gasteiger partial charge >= 0.3 is 0 Å². The van der Waals surface area contributed by atoms with E-state index in [0.29, 0.717) is 0 Å². The van der Waals surface area contributed by atoms with Crippen molar-refractivity contribution < 1.29 is 4.79 Å². The van der Waals surface area contributed by atoms with Crippen LogP contribution in [0.25, 0.3) is 10.8 Å². The molecule has 3 heteroatoms. The molecule has 1 aliphatic heterocycles. The lowest BCUT2D eigenvalue weighted by atomic mass is 9.97. The molecule has 1 saturated heterocycles. The Kier molecular flexibility index (Phi) is 3.79.